The number of rotatable bonds is 6. The van der Waals surface area contributed by atoms with E-state index >= 15 is 0 Å². The van der Waals surface area contributed by atoms with Crippen molar-refractivity contribution in [3.63, 3.8) is 0 Å². The van der Waals surface area contributed by atoms with Crippen molar-refractivity contribution >= 4 is 10.9 Å². The summed E-state index contributed by atoms with van der Waals surface area (Å²) in [7, 11) is 1.96. The van der Waals surface area contributed by atoms with Crippen LogP contribution in [-0.2, 0) is 20.1 Å². The van der Waals surface area contributed by atoms with Crippen molar-refractivity contribution in [3.05, 3.63) is 54.0 Å². The van der Waals surface area contributed by atoms with E-state index in [2.05, 4.69) is 58.3 Å². The average molecular weight is 282 g/mol. The van der Waals surface area contributed by atoms with Gasteiger partial charge in [0.05, 0.1) is 12.2 Å². The molecule has 0 bridgehead atoms. The molecule has 21 heavy (non-hydrogen) atoms. The second-order valence-corrected chi connectivity index (χ2v) is 5.44. The second-order valence-electron chi connectivity index (χ2n) is 5.44. The van der Waals surface area contributed by atoms with Crippen LogP contribution in [0.3, 0.4) is 0 Å². The molecule has 0 fully saturated rings. The van der Waals surface area contributed by atoms with E-state index in [1.165, 1.54) is 16.6 Å². The van der Waals surface area contributed by atoms with Gasteiger partial charge in [-0.15, -0.1) is 0 Å². The number of aryl methyl sites for hydroxylation is 1. The van der Waals surface area contributed by atoms with Crippen molar-refractivity contribution < 1.29 is 0 Å². The van der Waals surface area contributed by atoms with Gasteiger partial charge in [-0.25, -0.2) is 0 Å². The van der Waals surface area contributed by atoms with Crippen molar-refractivity contribution in [2.75, 3.05) is 6.54 Å². The van der Waals surface area contributed by atoms with E-state index < -0.39 is 0 Å². The molecular weight excluding hydrogens is 260 g/mol. The molecular formula is C17H22N4. The van der Waals surface area contributed by atoms with Gasteiger partial charge in [0.15, 0.2) is 0 Å². The van der Waals surface area contributed by atoms with E-state index in [-0.39, 0.29) is 0 Å². The average Bonchev–Trinajstić information content (AvgIpc) is 3.05. The van der Waals surface area contributed by atoms with E-state index in [1.54, 1.807) is 0 Å². The maximum absolute atomic E-state index is 4.51. The molecule has 1 N–H and O–H groups in total. The SMILES string of the molecule is CCCNCc1cc2ccccc2n1Cc1ccn(C)n1. The first-order valence-electron chi connectivity index (χ1n) is 7.54. The molecule has 1 aromatic carbocycles. The first kappa shape index (κ1) is 13.9. The Morgan fingerprint density at radius 1 is 1.19 bits per heavy atom. The lowest BCUT2D eigenvalue weighted by atomic mass is 10.2. The van der Waals surface area contributed by atoms with Crippen molar-refractivity contribution in [1.29, 1.82) is 0 Å². The molecule has 110 valence electrons. The summed E-state index contributed by atoms with van der Waals surface area (Å²) in [5.74, 6) is 0. The van der Waals surface area contributed by atoms with Gasteiger partial charge in [-0.2, -0.15) is 5.10 Å². The number of para-hydroxylation sites is 1. The molecule has 0 radical (unpaired) electrons. The Morgan fingerprint density at radius 3 is 2.81 bits per heavy atom. The number of fused-ring (bicyclic) bond motifs is 1. The molecule has 0 spiro atoms. The number of hydrogen-bond acceptors (Lipinski definition) is 2. The Hall–Kier alpha value is -2.07. The van der Waals surface area contributed by atoms with Crippen LogP contribution >= 0.6 is 0 Å². The van der Waals surface area contributed by atoms with Crippen LogP contribution in [0.4, 0.5) is 0 Å². The minimum Gasteiger partial charge on any atom is -0.337 e. The molecule has 4 nitrogen and oxygen atoms in total. The maximum Gasteiger partial charge on any atom is 0.0821 e. The number of hydrogen-bond donors (Lipinski definition) is 1. The topological polar surface area (TPSA) is 34.8 Å². The highest BCUT2D eigenvalue weighted by atomic mass is 15.3. The lowest BCUT2D eigenvalue weighted by Gasteiger charge is -2.10. The van der Waals surface area contributed by atoms with E-state index in [0.29, 0.717) is 0 Å². The first-order valence-corrected chi connectivity index (χ1v) is 7.54. The van der Waals surface area contributed by atoms with Gasteiger partial charge in [0.1, 0.15) is 0 Å². The minimum atomic E-state index is 0.817. The maximum atomic E-state index is 4.51. The first-order chi connectivity index (χ1) is 10.3. The van der Waals surface area contributed by atoms with E-state index in [0.717, 1.165) is 31.7 Å². The Balaban J connectivity index is 1.94. The fourth-order valence-electron chi connectivity index (χ4n) is 2.70. The van der Waals surface area contributed by atoms with E-state index in [9.17, 15) is 0 Å². The molecule has 0 amide bonds. The van der Waals surface area contributed by atoms with Crippen LogP contribution in [-0.4, -0.2) is 20.9 Å². The van der Waals surface area contributed by atoms with Crippen LogP contribution in [0.1, 0.15) is 24.7 Å². The highest BCUT2D eigenvalue weighted by Crippen LogP contribution is 2.21. The van der Waals surface area contributed by atoms with E-state index in [4.69, 9.17) is 0 Å². The fraction of sp³-hybridized carbons (Fsp3) is 0.353. The zero-order chi connectivity index (χ0) is 14.7. The molecule has 3 rings (SSSR count). The highest BCUT2D eigenvalue weighted by molar-refractivity contribution is 5.81. The van der Waals surface area contributed by atoms with Gasteiger partial charge >= 0.3 is 0 Å². The molecule has 2 heterocycles. The van der Waals surface area contributed by atoms with Crippen LogP contribution in [0.15, 0.2) is 42.6 Å². The van der Waals surface area contributed by atoms with Crippen molar-refractivity contribution in [3.8, 4) is 0 Å². The Morgan fingerprint density at radius 2 is 2.05 bits per heavy atom. The van der Waals surface area contributed by atoms with Gasteiger partial charge in [0.25, 0.3) is 0 Å². The Labute approximate surface area is 125 Å². The zero-order valence-electron chi connectivity index (χ0n) is 12.7. The third-order valence-electron chi connectivity index (χ3n) is 3.72. The van der Waals surface area contributed by atoms with Crippen LogP contribution in [0.5, 0.6) is 0 Å². The molecule has 0 aliphatic carbocycles. The number of nitrogens with zero attached hydrogens (tertiary/aromatic N) is 3. The molecule has 3 aromatic rings. The summed E-state index contributed by atoms with van der Waals surface area (Å²) in [6, 6.07) is 12.9. The lowest BCUT2D eigenvalue weighted by Crippen LogP contribution is -2.17. The lowest BCUT2D eigenvalue weighted by molar-refractivity contribution is 0.629. The van der Waals surface area contributed by atoms with E-state index in [1.807, 2.05) is 17.9 Å². The number of nitrogens with one attached hydrogen (secondary N) is 1. The normalized spacial score (nSPS) is 11.3. The molecule has 0 saturated heterocycles. The summed E-state index contributed by atoms with van der Waals surface area (Å²) in [4.78, 5) is 0. The molecule has 0 atom stereocenters. The van der Waals surface area contributed by atoms with Gasteiger partial charge in [-0.05, 0) is 36.6 Å². The van der Waals surface area contributed by atoms with Crippen LogP contribution in [0, 0.1) is 0 Å². The predicted molar refractivity (Wildman–Crippen MR) is 86.2 cm³/mol. The zero-order valence-corrected chi connectivity index (χ0v) is 12.7. The van der Waals surface area contributed by atoms with Gasteiger partial charge < -0.3 is 9.88 Å². The van der Waals surface area contributed by atoms with Crippen LogP contribution < -0.4 is 5.32 Å². The summed E-state index contributed by atoms with van der Waals surface area (Å²) in [5, 5.41) is 9.30. The standard InChI is InChI=1S/C17H22N4/c1-3-9-18-12-16-11-14-6-4-5-7-17(14)21(16)13-15-8-10-20(2)19-15/h4-8,10-11,18H,3,9,12-13H2,1-2H3. The largest absolute Gasteiger partial charge is 0.337 e. The molecule has 0 unspecified atom stereocenters. The quantitative estimate of drug-likeness (QED) is 0.705. The summed E-state index contributed by atoms with van der Waals surface area (Å²) in [6.07, 6.45) is 3.15. The summed E-state index contributed by atoms with van der Waals surface area (Å²) in [6.45, 7) is 4.95. The molecule has 4 heteroatoms. The number of benzene rings is 1. The fourth-order valence-corrected chi connectivity index (χ4v) is 2.70. The van der Waals surface area contributed by atoms with Crippen LogP contribution in [0.25, 0.3) is 10.9 Å². The van der Waals surface area contributed by atoms with Gasteiger partial charge in [-0.3, -0.25) is 4.68 Å². The Kier molecular flexibility index (Phi) is 4.06. The van der Waals surface area contributed by atoms with Crippen molar-refractivity contribution in [1.82, 2.24) is 19.7 Å². The smallest absolute Gasteiger partial charge is 0.0821 e. The third kappa shape index (κ3) is 3.00. The van der Waals surface area contributed by atoms with Gasteiger partial charge in [0, 0.05) is 31.0 Å². The molecule has 0 saturated carbocycles. The summed E-state index contributed by atoms with van der Waals surface area (Å²) < 4.78 is 4.22. The molecule has 2 aromatic heterocycles. The number of aromatic nitrogens is 3. The highest BCUT2D eigenvalue weighted by Gasteiger charge is 2.09. The summed E-state index contributed by atoms with van der Waals surface area (Å²) in [5.41, 5.74) is 3.68. The van der Waals surface area contributed by atoms with Gasteiger partial charge in [-0.1, -0.05) is 25.1 Å². The van der Waals surface area contributed by atoms with Crippen molar-refractivity contribution in [2.24, 2.45) is 7.05 Å². The minimum absolute atomic E-state index is 0.817. The van der Waals surface area contributed by atoms with Crippen molar-refractivity contribution in [2.45, 2.75) is 26.4 Å². The molecule has 0 aliphatic rings. The second kappa shape index (κ2) is 6.14. The predicted octanol–water partition coefficient (Wildman–Crippen LogP) is 2.92. The summed E-state index contributed by atoms with van der Waals surface area (Å²) >= 11 is 0. The van der Waals surface area contributed by atoms with Crippen LogP contribution in [0.2, 0.25) is 0 Å². The molecule has 0 aliphatic heterocycles. The Bertz CT molecular complexity index is 723. The third-order valence-corrected chi connectivity index (χ3v) is 3.72. The monoisotopic (exact) mass is 282 g/mol. The van der Waals surface area contributed by atoms with Gasteiger partial charge in [0.2, 0.25) is 0 Å².